The first-order valence-corrected chi connectivity index (χ1v) is 12.6. The third kappa shape index (κ3) is 4.64. The number of carboxylic acids is 1. The molecule has 3 N–H and O–H groups in total. The Labute approximate surface area is 205 Å². The van der Waals surface area contributed by atoms with Crippen molar-refractivity contribution in [3.63, 3.8) is 0 Å². The van der Waals surface area contributed by atoms with Crippen LogP contribution < -0.4 is 10.6 Å². The molecular weight excluding hydrogens is 444 g/mol. The molecule has 0 aliphatic heterocycles. The molecule has 0 aromatic heterocycles. The van der Waals surface area contributed by atoms with Gasteiger partial charge in [-0.25, -0.2) is 4.79 Å². The van der Waals surface area contributed by atoms with E-state index in [0.717, 1.165) is 17.5 Å². The van der Waals surface area contributed by atoms with Gasteiger partial charge in [0.1, 0.15) is 6.61 Å². The van der Waals surface area contributed by atoms with Crippen LogP contribution in [0.5, 0.6) is 0 Å². The normalized spacial score (nSPS) is 24.9. The van der Waals surface area contributed by atoms with Gasteiger partial charge in [0.15, 0.2) is 0 Å². The molecule has 2 saturated carbocycles. The maximum absolute atomic E-state index is 12.6. The molecule has 2 aromatic carbocycles. The zero-order chi connectivity index (χ0) is 24.5. The van der Waals surface area contributed by atoms with Crippen LogP contribution >= 0.6 is 0 Å². The van der Waals surface area contributed by atoms with Gasteiger partial charge in [0, 0.05) is 24.4 Å². The van der Waals surface area contributed by atoms with Gasteiger partial charge in [0.25, 0.3) is 0 Å². The Morgan fingerprint density at radius 2 is 1.66 bits per heavy atom. The third-order valence-corrected chi connectivity index (χ3v) is 8.11. The van der Waals surface area contributed by atoms with Crippen LogP contribution in [-0.4, -0.2) is 41.8 Å². The maximum atomic E-state index is 12.6. The summed E-state index contributed by atoms with van der Waals surface area (Å²) >= 11 is 0. The van der Waals surface area contributed by atoms with Crippen LogP contribution in [0, 0.1) is 17.8 Å². The Kier molecular flexibility index (Phi) is 6.50. The fourth-order valence-electron chi connectivity index (χ4n) is 6.19. The van der Waals surface area contributed by atoms with Crippen molar-refractivity contribution < 1.29 is 24.2 Å². The standard InChI is InChI=1S/C28H32N2O5/c1-2-18(14-26(31)30-25-13-16-11-17(27(32)33)12-23(16)25)29-28(34)35-15-24-21-9-5-3-7-19(21)20-8-4-6-10-22(20)24/h3-10,16-18,23-25H,2,11-15H2,1H3,(H,29,34)(H,30,31)(H,32,33). The number of ether oxygens (including phenoxy) is 1. The molecule has 5 atom stereocenters. The van der Waals surface area contributed by atoms with Crippen LogP contribution in [0.25, 0.3) is 11.1 Å². The van der Waals surface area contributed by atoms with Gasteiger partial charge in [-0.05, 0) is 59.8 Å². The van der Waals surface area contributed by atoms with Crippen molar-refractivity contribution in [3.8, 4) is 11.1 Å². The molecule has 7 nitrogen and oxygen atoms in total. The van der Waals surface area contributed by atoms with E-state index in [1.165, 1.54) is 11.1 Å². The molecule has 0 radical (unpaired) electrons. The highest BCUT2D eigenvalue weighted by molar-refractivity contribution is 5.80. The SMILES string of the molecule is CCC(CC(=O)NC1CC2CC(C(=O)O)CC21)NC(=O)OCC1c2ccccc2-c2ccccc21. The summed E-state index contributed by atoms with van der Waals surface area (Å²) in [6.07, 6.45) is 2.46. The Morgan fingerprint density at radius 3 is 2.29 bits per heavy atom. The molecule has 0 saturated heterocycles. The second-order valence-electron chi connectivity index (χ2n) is 10.1. The lowest BCUT2D eigenvalue weighted by molar-refractivity contribution is -0.141. The lowest BCUT2D eigenvalue weighted by atomic mass is 9.71. The molecular formula is C28H32N2O5. The summed E-state index contributed by atoms with van der Waals surface area (Å²) < 4.78 is 5.62. The zero-order valence-corrected chi connectivity index (χ0v) is 19.9. The fourth-order valence-corrected chi connectivity index (χ4v) is 6.19. The zero-order valence-electron chi connectivity index (χ0n) is 19.9. The number of aliphatic carboxylic acids is 1. The van der Waals surface area contributed by atoms with Crippen LogP contribution in [0.4, 0.5) is 4.79 Å². The van der Waals surface area contributed by atoms with Crippen molar-refractivity contribution in [3.05, 3.63) is 59.7 Å². The number of hydrogen-bond acceptors (Lipinski definition) is 4. The average molecular weight is 477 g/mol. The van der Waals surface area contributed by atoms with Crippen LogP contribution in [0.2, 0.25) is 0 Å². The molecule has 184 valence electrons. The second-order valence-corrected chi connectivity index (χ2v) is 10.1. The Bertz CT molecular complexity index is 1090. The van der Waals surface area contributed by atoms with Gasteiger partial charge in [-0.3, -0.25) is 9.59 Å². The number of fused-ring (bicyclic) bond motifs is 4. The van der Waals surface area contributed by atoms with Crippen molar-refractivity contribution in [2.24, 2.45) is 17.8 Å². The molecule has 5 unspecified atom stereocenters. The first kappa shape index (κ1) is 23.4. The van der Waals surface area contributed by atoms with E-state index in [1.807, 2.05) is 31.2 Å². The molecule has 35 heavy (non-hydrogen) atoms. The van der Waals surface area contributed by atoms with E-state index in [-0.39, 0.29) is 48.8 Å². The molecule has 3 aliphatic rings. The van der Waals surface area contributed by atoms with Gasteiger partial charge >= 0.3 is 12.1 Å². The predicted molar refractivity (Wildman–Crippen MR) is 131 cm³/mol. The minimum Gasteiger partial charge on any atom is -0.481 e. The summed E-state index contributed by atoms with van der Waals surface area (Å²) in [6.45, 7) is 2.16. The number of carbonyl (C=O) groups excluding carboxylic acids is 2. The summed E-state index contributed by atoms with van der Waals surface area (Å²) in [6, 6.07) is 16.1. The van der Waals surface area contributed by atoms with Crippen molar-refractivity contribution in [2.75, 3.05) is 6.61 Å². The summed E-state index contributed by atoms with van der Waals surface area (Å²) in [7, 11) is 0. The van der Waals surface area contributed by atoms with Crippen LogP contribution in [-0.2, 0) is 14.3 Å². The number of nitrogens with one attached hydrogen (secondary N) is 2. The van der Waals surface area contributed by atoms with Crippen LogP contribution in [0.15, 0.2) is 48.5 Å². The Morgan fingerprint density at radius 1 is 1.00 bits per heavy atom. The lowest BCUT2D eigenvalue weighted by Crippen LogP contribution is -2.51. The third-order valence-electron chi connectivity index (χ3n) is 8.11. The van der Waals surface area contributed by atoms with Crippen LogP contribution in [0.1, 0.15) is 56.1 Å². The van der Waals surface area contributed by atoms with Crippen molar-refractivity contribution in [1.82, 2.24) is 10.6 Å². The molecule has 0 heterocycles. The van der Waals surface area contributed by atoms with Crippen molar-refractivity contribution >= 4 is 18.0 Å². The van der Waals surface area contributed by atoms with Gasteiger partial charge in [-0.1, -0.05) is 55.5 Å². The van der Waals surface area contributed by atoms with Gasteiger partial charge in [-0.15, -0.1) is 0 Å². The lowest BCUT2D eigenvalue weighted by Gasteiger charge is -2.41. The minimum absolute atomic E-state index is 0.0101. The number of amides is 2. The monoisotopic (exact) mass is 476 g/mol. The fraction of sp³-hybridized carbons (Fsp3) is 0.464. The number of alkyl carbamates (subject to hydrolysis) is 1. The number of rotatable bonds is 8. The highest BCUT2D eigenvalue weighted by atomic mass is 16.5. The van der Waals surface area contributed by atoms with E-state index in [0.29, 0.717) is 25.2 Å². The number of benzene rings is 2. The highest BCUT2D eigenvalue weighted by Gasteiger charge is 2.49. The molecule has 5 rings (SSSR count). The largest absolute Gasteiger partial charge is 0.481 e. The molecule has 2 fully saturated rings. The first-order valence-electron chi connectivity index (χ1n) is 12.6. The molecule has 7 heteroatoms. The summed E-state index contributed by atoms with van der Waals surface area (Å²) in [4.78, 5) is 36.5. The number of carbonyl (C=O) groups is 3. The minimum atomic E-state index is -0.734. The molecule has 0 bridgehead atoms. The second kappa shape index (κ2) is 9.72. The molecule has 0 spiro atoms. The van der Waals surface area contributed by atoms with Gasteiger partial charge in [0.2, 0.25) is 5.91 Å². The van der Waals surface area contributed by atoms with E-state index >= 15 is 0 Å². The summed E-state index contributed by atoms with van der Waals surface area (Å²) in [5.74, 6) is -0.479. The van der Waals surface area contributed by atoms with Gasteiger partial charge in [0.05, 0.1) is 5.92 Å². The van der Waals surface area contributed by atoms with Crippen molar-refractivity contribution in [1.29, 1.82) is 0 Å². The van der Waals surface area contributed by atoms with Crippen molar-refractivity contribution in [2.45, 2.75) is 57.0 Å². The van der Waals surface area contributed by atoms with E-state index in [4.69, 9.17) is 4.74 Å². The first-order chi connectivity index (χ1) is 16.9. The smallest absolute Gasteiger partial charge is 0.407 e. The van der Waals surface area contributed by atoms with Crippen LogP contribution in [0.3, 0.4) is 0 Å². The number of carboxylic acid groups (broad SMARTS) is 1. The summed E-state index contributed by atoms with van der Waals surface area (Å²) in [5.41, 5.74) is 4.67. The topological polar surface area (TPSA) is 105 Å². The van der Waals surface area contributed by atoms with E-state index in [1.54, 1.807) is 0 Å². The van der Waals surface area contributed by atoms with E-state index in [9.17, 15) is 19.5 Å². The summed E-state index contributed by atoms with van der Waals surface area (Å²) in [5, 5.41) is 15.2. The van der Waals surface area contributed by atoms with E-state index in [2.05, 4.69) is 34.9 Å². The average Bonchev–Trinajstić information content (AvgIpc) is 3.36. The molecule has 2 amide bonds. The molecule has 3 aliphatic carbocycles. The van der Waals surface area contributed by atoms with Gasteiger partial charge in [-0.2, -0.15) is 0 Å². The number of hydrogen-bond donors (Lipinski definition) is 3. The predicted octanol–water partition coefficient (Wildman–Crippen LogP) is 4.31. The highest BCUT2D eigenvalue weighted by Crippen LogP contribution is 2.49. The maximum Gasteiger partial charge on any atom is 0.407 e. The van der Waals surface area contributed by atoms with E-state index < -0.39 is 12.1 Å². The Hall–Kier alpha value is -3.35. The Balaban J connectivity index is 1.11. The van der Waals surface area contributed by atoms with Gasteiger partial charge < -0.3 is 20.5 Å². The quantitative estimate of drug-likeness (QED) is 0.527. The molecule has 2 aromatic rings.